The molecule has 1 amide bonds. The number of benzene rings is 1. The molecule has 0 bridgehead atoms. The van der Waals surface area contributed by atoms with Gasteiger partial charge in [-0.15, -0.1) is 11.6 Å². The molecule has 1 fully saturated rings. The van der Waals surface area contributed by atoms with E-state index in [0.29, 0.717) is 18.0 Å². The molecule has 2 N–H and O–H groups in total. The van der Waals surface area contributed by atoms with Crippen molar-refractivity contribution in [3.63, 3.8) is 0 Å². The summed E-state index contributed by atoms with van der Waals surface area (Å²) in [6.45, 7) is 0.611. The van der Waals surface area contributed by atoms with E-state index >= 15 is 0 Å². The molecular formula is C13H15ClINO2. The molecule has 0 aliphatic heterocycles. The van der Waals surface area contributed by atoms with E-state index in [4.69, 9.17) is 11.6 Å². The van der Waals surface area contributed by atoms with Gasteiger partial charge in [-0.2, -0.15) is 0 Å². The first-order valence-corrected chi connectivity index (χ1v) is 7.50. The van der Waals surface area contributed by atoms with E-state index in [0.717, 1.165) is 22.8 Å². The Kier molecular flexibility index (Phi) is 4.72. The van der Waals surface area contributed by atoms with Gasteiger partial charge < -0.3 is 10.4 Å². The summed E-state index contributed by atoms with van der Waals surface area (Å²) in [6, 6.07) is 4.93. The van der Waals surface area contributed by atoms with E-state index in [-0.39, 0.29) is 17.0 Å². The Morgan fingerprint density at radius 1 is 1.50 bits per heavy atom. The Balaban J connectivity index is 1.93. The number of phenolic OH excluding ortho intramolecular Hbond substituents is 1. The van der Waals surface area contributed by atoms with Crippen molar-refractivity contribution >= 4 is 40.1 Å². The quantitative estimate of drug-likeness (QED) is 0.626. The minimum atomic E-state index is -0.155. The molecular weight excluding hydrogens is 365 g/mol. The fourth-order valence-corrected chi connectivity index (χ4v) is 2.91. The molecule has 1 aromatic rings. The molecule has 1 aromatic carbocycles. The van der Waals surface area contributed by atoms with Crippen LogP contribution in [-0.4, -0.2) is 22.9 Å². The minimum absolute atomic E-state index is 0.138. The van der Waals surface area contributed by atoms with Crippen LogP contribution in [0, 0.1) is 9.49 Å². The zero-order valence-corrected chi connectivity index (χ0v) is 12.7. The molecule has 1 saturated carbocycles. The highest BCUT2D eigenvalue weighted by atomic mass is 127. The van der Waals surface area contributed by atoms with Gasteiger partial charge in [-0.3, -0.25) is 4.79 Å². The van der Waals surface area contributed by atoms with Crippen molar-refractivity contribution in [2.45, 2.75) is 24.6 Å². The molecule has 5 heteroatoms. The lowest BCUT2D eigenvalue weighted by molar-refractivity contribution is 0.0947. The second kappa shape index (κ2) is 6.10. The predicted octanol–water partition coefficient (Wildman–Crippen LogP) is 3.13. The minimum Gasteiger partial charge on any atom is -0.507 e. The van der Waals surface area contributed by atoms with Gasteiger partial charge in [0.1, 0.15) is 5.75 Å². The van der Waals surface area contributed by atoms with Crippen LogP contribution in [0.4, 0.5) is 0 Å². The van der Waals surface area contributed by atoms with Crippen molar-refractivity contribution in [3.8, 4) is 5.75 Å². The number of phenols is 1. The lowest BCUT2D eigenvalue weighted by Gasteiger charge is -2.14. The van der Waals surface area contributed by atoms with Crippen molar-refractivity contribution in [2.75, 3.05) is 6.54 Å². The van der Waals surface area contributed by atoms with Gasteiger partial charge in [-0.05, 0) is 59.5 Å². The highest BCUT2D eigenvalue weighted by molar-refractivity contribution is 14.1. The number of alkyl halides is 1. The van der Waals surface area contributed by atoms with Gasteiger partial charge in [-0.1, -0.05) is 6.42 Å². The van der Waals surface area contributed by atoms with Gasteiger partial charge >= 0.3 is 0 Å². The third kappa shape index (κ3) is 3.29. The van der Waals surface area contributed by atoms with E-state index in [1.165, 1.54) is 6.07 Å². The van der Waals surface area contributed by atoms with Crippen LogP contribution in [0.2, 0.25) is 0 Å². The zero-order chi connectivity index (χ0) is 13.1. The molecule has 98 valence electrons. The van der Waals surface area contributed by atoms with E-state index in [1.54, 1.807) is 12.1 Å². The summed E-state index contributed by atoms with van der Waals surface area (Å²) in [5.74, 6) is 0.352. The van der Waals surface area contributed by atoms with E-state index < -0.39 is 0 Å². The number of hydrogen-bond donors (Lipinski definition) is 2. The van der Waals surface area contributed by atoms with Gasteiger partial charge in [0.15, 0.2) is 0 Å². The van der Waals surface area contributed by atoms with Crippen LogP contribution in [0.1, 0.15) is 29.6 Å². The summed E-state index contributed by atoms with van der Waals surface area (Å²) in [4.78, 5) is 11.9. The van der Waals surface area contributed by atoms with E-state index in [1.807, 2.05) is 22.6 Å². The number of carbonyl (C=O) groups excluding carboxylic acids is 1. The first kappa shape index (κ1) is 13.9. The summed E-state index contributed by atoms with van der Waals surface area (Å²) in [7, 11) is 0. The topological polar surface area (TPSA) is 49.3 Å². The SMILES string of the molecule is O=C(NCC1CCCC1Cl)c1ccc(I)c(O)c1. The Bertz CT molecular complexity index is 453. The predicted molar refractivity (Wildman–Crippen MR) is 80.1 cm³/mol. The monoisotopic (exact) mass is 379 g/mol. The maximum atomic E-state index is 11.9. The molecule has 18 heavy (non-hydrogen) atoms. The van der Waals surface area contributed by atoms with Crippen LogP contribution < -0.4 is 5.32 Å². The van der Waals surface area contributed by atoms with Crippen molar-refractivity contribution in [3.05, 3.63) is 27.3 Å². The summed E-state index contributed by atoms with van der Waals surface area (Å²) in [6.07, 6.45) is 3.25. The molecule has 0 heterocycles. The summed E-state index contributed by atoms with van der Waals surface area (Å²) < 4.78 is 0.737. The second-order valence-electron chi connectivity index (χ2n) is 4.58. The maximum absolute atomic E-state index is 11.9. The van der Waals surface area contributed by atoms with Crippen molar-refractivity contribution < 1.29 is 9.90 Å². The number of halogens is 2. The lowest BCUT2D eigenvalue weighted by atomic mass is 10.1. The number of amides is 1. The van der Waals surface area contributed by atoms with Gasteiger partial charge in [0.05, 0.1) is 3.57 Å². The third-order valence-electron chi connectivity index (χ3n) is 3.30. The van der Waals surface area contributed by atoms with E-state index in [2.05, 4.69) is 5.32 Å². The normalized spacial score (nSPS) is 23.0. The molecule has 0 aromatic heterocycles. The van der Waals surface area contributed by atoms with Crippen LogP contribution in [0.5, 0.6) is 5.75 Å². The average molecular weight is 380 g/mol. The summed E-state index contributed by atoms with van der Waals surface area (Å²) in [5, 5.41) is 12.6. The smallest absolute Gasteiger partial charge is 0.251 e. The fraction of sp³-hybridized carbons (Fsp3) is 0.462. The fourth-order valence-electron chi connectivity index (χ4n) is 2.20. The number of nitrogens with one attached hydrogen (secondary N) is 1. The molecule has 3 nitrogen and oxygen atoms in total. The van der Waals surface area contributed by atoms with Crippen molar-refractivity contribution in [2.24, 2.45) is 5.92 Å². The molecule has 1 aliphatic rings. The van der Waals surface area contributed by atoms with Crippen LogP contribution in [0.25, 0.3) is 0 Å². The standard InChI is InChI=1S/C13H15ClINO2/c14-10-3-1-2-9(10)7-16-13(18)8-4-5-11(15)12(17)6-8/h4-6,9-10,17H,1-3,7H2,(H,16,18). The first-order valence-electron chi connectivity index (χ1n) is 5.98. The lowest BCUT2D eigenvalue weighted by Crippen LogP contribution is -2.31. The number of aromatic hydroxyl groups is 1. The van der Waals surface area contributed by atoms with Gasteiger partial charge in [0.2, 0.25) is 0 Å². The van der Waals surface area contributed by atoms with Gasteiger partial charge in [0.25, 0.3) is 5.91 Å². The van der Waals surface area contributed by atoms with Gasteiger partial charge in [-0.25, -0.2) is 0 Å². The molecule has 2 atom stereocenters. The van der Waals surface area contributed by atoms with E-state index in [9.17, 15) is 9.90 Å². The van der Waals surface area contributed by atoms with Crippen LogP contribution in [-0.2, 0) is 0 Å². The zero-order valence-electron chi connectivity index (χ0n) is 9.83. The van der Waals surface area contributed by atoms with Crippen molar-refractivity contribution in [1.82, 2.24) is 5.32 Å². The molecule has 0 saturated heterocycles. The van der Waals surface area contributed by atoms with Crippen molar-refractivity contribution in [1.29, 1.82) is 0 Å². The third-order valence-corrected chi connectivity index (χ3v) is 4.79. The van der Waals surface area contributed by atoms with Crippen LogP contribution in [0.15, 0.2) is 18.2 Å². The second-order valence-corrected chi connectivity index (χ2v) is 6.31. The Morgan fingerprint density at radius 3 is 2.89 bits per heavy atom. The number of rotatable bonds is 3. The molecule has 2 unspecified atom stereocenters. The van der Waals surface area contributed by atoms with Crippen LogP contribution >= 0.6 is 34.2 Å². The Labute approximate surface area is 125 Å². The Hall–Kier alpha value is -0.490. The first-order chi connectivity index (χ1) is 8.58. The average Bonchev–Trinajstić information content (AvgIpc) is 2.75. The number of carbonyl (C=O) groups is 1. The Morgan fingerprint density at radius 2 is 2.28 bits per heavy atom. The molecule has 0 radical (unpaired) electrons. The number of hydrogen-bond acceptors (Lipinski definition) is 2. The summed E-state index contributed by atoms with van der Waals surface area (Å²) in [5.41, 5.74) is 0.483. The highest BCUT2D eigenvalue weighted by Gasteiger charge is 2.25. The highest BCUT2D eigenvalue weighted by Crippen LogP contribution is 2.29. The molecule has 0 spiro atoms. The van der Waals surface area contributed by atoms with Crippen LogP contribution in [0.3, 0.4) is 0 Å². The molecule has 1 aliphatic carbocycles. The molecule has 2 rings (SSSR count). The maximum Gasteiger partial charge on any atom is 0.251 e. The largest absolute Gasteiger partial charge is 0.507 e. The summed E-state index contributed by atoms with van der Waals surface area (Å²) >= 11 is 8.18. The van der Waals surface area contributed by atoms with Gasteiger partial charge in [0, 0.05) is 17.5 Å².